The Morgan fingerprint density at radius 3 is 2.32 bits per heavy atom. The third-order valence-corrected chi connectivity index (χ3v) is 3.45. The average Bonchev–Trinajstić information content (AvgIpc) is 3.00. The molecule has 2 aromatic carbocycles. The molecule has 0 amide bonds. The fraction of sp³-hybridized carbons (Fsp3) is 0.158. The largest absolute Gasteiger partial charge is 0.497 e. The van der Waals surface area contributed by atoms with Crippen molar-refractivity contribution in [3.8, 4) is 17.2 Å². The van der Waals surface area contributed by atoms with Crippen molar-refractivity contribution in [1.29, 1.82) is 0 Å². The molecule has 0 saturated heterocycles. The van der Waals surface area contributed by atoms with Crippen LogP contribution in [0.4, 0.5) is 0 Å². The highest BCUT2D eigenvalue weighted by molar-refractivity contribution is 6.07. The van der Waals surface area contributed by atoms with Gasteiger partial charge in [0.1, 0.15) is 17.2 Å². The third-order valence-electron chi connectivity index (χ3n) is 3.45. The van der Waals surface area contributed by atoms with E-state index in [0.717, 1.165) is 5.56 Å². The molecule has 1 aliphatic rings. The van der Waals surface area contributed by atoms with Crippen LogP contribution in [0.2, 0.25) is 0 Å². The lowest BCUT2D eigenvalue weighted by molar-refractivity contribution is -0.130. The number of para-hydroxylation sites is 1. The molecule has 3 rings (SSSR count). The van der Waals surface area contributed by atoms with Gasteiger partial charge < -0.3 is 18.9 Å². The van der Waals surface area contributed by atoms with Gasteiger partial charge in [-0.25, -0.2) is 9.79 Å². The monoisotopic (exact) mass is 339 g/mol. The molecule has 0 unspecified atom stereocenters. The number of rotatable bonds is 6. The van der Waals surface area contributed by atoms with Gasteiger partial charge in [0.25, 0.3) is 0 Å². The molecule has 0 atom stereocenters. The lowest BCUT2D eigenvalue weighted by atomic mass is 10.1. The van der Waals surface area contributed by atoms with E-state index < -0.39 is 5.97 Å². The number of hydrogen-bond acceptors (Lipinski definition) is 6. The number of cyclic esters (lactones) is 1. The summed E-state index contributed by atoms with van der Waals surface area (Å²) in [6.45, 7) is 0.0779. The zero-order valence-electron chi connectivity index (χ0n) is 13.9. The molecule has 6 heteroatoms. The number of carbonyl (C=O) groups is 1. The van der Waals surface area contributed by atoms with Gasteiger partial charge in [0.05, 0.1) is 14.2 Å². The summed E-state index contributed by atoms with van der Waals surface area (Å²) >= 11 is 0. The van der Waals surface area contributed by atoms with Crippen LogP contribution in [0.15, 0.2) is 59.2 Å². The van der Waals surface area contributed by atoms with Gasteiger partial charge in [0.15, 0.2) is 12.3 Å². The molecule has 25 heavy (non-hydrogen) atoms. The highest BCUT2D eigenvalue weighted by atomic mass is 16.6. The first kappa shape index (κ1) is 16.6. The SMILES string of the molecule is COc1cc(/C=C2/N=C(COc3ccccc3)OC2=O)cc(OC)c1. The molecule has 6 nitrogen and oxygen atoms in total. The van der Waals surface area contributed by atoms with Crippen molar-refractivity contribution in [2.24, 2.45) is 4.99 Å². The van der Waals surface area contributed by atoms with E-state index in [-0.39, 0.29) is 18.2 Å². The summed E-state index contributed by atoms with van der Waals surface area (Å²) in [5.74, 6) is 1.61. The van der Waals surface area contributed by atoms with Crippen LogP contribution in [0.5, 0.6) is 17.2 Å². The van der Waals surface area contributed by atoms with E-state index in [0.29, 0.717) is 17.2 Å². The third kappa shape index (κ3) is 4.17. The Hall–Kier alpha value is -3.28. The lowest BCUT2D eigenvalue weighted by Crippen LogP contribution is -2.13. The molecule has 0 saturated carbocycles. The van der Waals surface area contributed by atoms with Crippen molar-refractivity contribution in [3.05, 3.63) is 59.8 Å². The smallest absolute Gasteiger partial charge is 0.363 e. The Morgan fingerprint density at radius 1 is 1.00 bits per heavy atom. The maximum Gasteiger partial charge on any atom is 0.363 e. The van der Waals surface area contributed by atoms with Crippen LogP contribution in [-0.2, 0) is 9.53 Å². The number of hydrogen-bond donors (Lipinski definition) is 0. The Labute approximate surface area is 145 Å². The number of benzene rings is 2. The van der Waals surface area contributed by atoms with Gasteiger partial charge in [0, 0.05) is 6.07 Å². The molecule has 0 aromatic heterocycles. The molecule has 0 aliphatic carbocycles. The zero-order chi connectivity index (χ0) is 17.6. The van der Waals surface area contributed by atoms with Crippen molar-refractivity contribution in [1.82, 2.24) is 0 Å². The molecule has 0 radical (unpaired) electrons. The topological polar surface area (TPSA) is 66.3 Å². The summed E-state index contributed by atoms with van der Waals surface area (Å²) in [5, 5.41) is 0. The Bertz CT molecular complexity index is 805. The Morgan fingerprint density at radius 2 is 1.68 bits per heavy atom. The zero-order valence-corrected chi connectivity index (χ0v) is 13.9. The van der Waals surface area contributed by atoms with E-state index in [9.17, 15) is 4.79 Å². The van der Waals surface area contributed by atoms with E-state index >= 15 is 0 Å². The normalized spacial score (nSPS) is 14.9. The number of ether oxygens (including phenoxy) is 4. The van der Waals surface area contributed by atoms with Crippen molar-refractivity contribution < 1.29 is 23.7 Å². The molecule has 0 spiro atoms. The highest BCUT2D eigenvalue weighted by Crippen LogP contribution is 2.25. The minimum atomic E-state index is -0.520. The number of esters is 1. The average molecular weight is 339 g/mol. The van der Waals surface area contributed by atoms with Gasteiger partial charge in [0.2, 0.25) is 5.90 Å². The molecule has 0 bridgehead atoms. The summed E-state index contributed by atoms with van der Waals surface area (Å²) in [5.41, 5.74) is 0.916. The van der Waals surface area contributed by atoms with Crippen LogP contribution in [0.1, 0.15) is 5.56 Å². The summed E-state index contributed by atoms with van der Waals surface area (Å²) in [4.78, 5) is 16.2. The van der Waals surface area contributed by atoms with E-state index in [1.807, 2.05) is 30.3 Å². The summed E-state index contributed by atoms with van der Waals surface area (Å²) < 4.78 is 21.1. The van der Waals surface area contributed by atoms with Crippen molar-refractivity contribution in [2.75, 3.05) is 20.8 Å². The predicted octanol–water partition coefficient (Wildman–Crippen LogP) is 3.08. The lowest BCUT2D eigenvalue weighted by Gasteiger charge is -2.05. The predicted molar refractivity (Wildman–Crippen MR) is 93.0 cm³/mol. The van der Waals surface area contributed by atoms with Crippen LogP contribution in [0.25, 0.3) is 6.08 Å². The van der Waals surface area contributed by atoms with Gasteiger partial charge >= 0.3 is 5.97 Å². The van der Waals surface area contributed by atoms with Crippen molar-refractivity contribution in [3.63, 3.8) is 0 Å². The van der Waals surface area contributed by atoms with Crippen LogP contribution in [-0.4, -0.2) is 32.7 Å². The van der Waals surface area contributed by atoms with E-state index in [1.165, 1.54) is 0 Å². The van der Waals surface area contributed by atoms with E-state index in [1.54, 1.807) is 38.5 Å². The second kappa shape index (κ2) is 7.53. The first-order valence-corrected chi connectivity index (χ1v) is 7.60. The van der Waals surface area contributed by atoms with Gasteiger partial charge in [-0.3, -0.25) is 0 Å². The second-order valence-corrected chi connectivity index (χ2v) is 5.17. The van der Waals surface area contributed by atoms with Gasteiger partial charge in [-0.05, 0) is 35.9 Å². The Balaban J connectivity index is 1.76. The quantitative estimate of drug-likeness (QED) is 0.598. The van der Waals surface area contributed by atoms with Gasteiger partial charge in [-0.1, -0.05) is 18.2 Å². The molecule has 0 N–H and O–H groups in total. The molecule has 128 valence electrons. The van der Waals surface area contributed by atoms with Crippen molar-refractivity contribution in [2.45, 2.75) is 0 Å². The van der Waals surface area contributed by atoms with Crippen LogP contribution >= 0.6 is 0 Å². The van der Waals surface area contributed by atoms with E-state index in [4.69, 9.17) is 18.9 Å². The minimum Gasteiger partial charge on any atom is -0.497 e. The second-order valence-electron chi connectivity index (χ2n) is 5.17. The summed E-state index contributed by atoms with van der Waals surface area (Å²) in [6, 6.07) is 14.5. The molecule has 2 aromatic rings. The molecule has 0 fully saturated rings. The Kier molecular flexibility index (Phi) is 4.99. The van der Waals surface area contributed by atoms with Crippen molar-refractivity contribution >= 4 is 17.9 Å². The summed E-state index contributed by atoms with van der Waals surface area (Å²) in [7, 11) is 3.12. The molecular weight excluding hydrogens is 322 g/mol. The van der Waals surface area contributed by atoms with Crippen LogP contribution in [0, 0.1) is 0 Å². The standard InChI is InChI=1S/C19H17NO5/c1-22-15-8-13(9-16(11-15)23-2)10-17-19(21)25-18(20-17)12-24-14-6-4-3-5-7-14/h3-11H,12H2,1-2H3/b17-10+. The first-order valence-electron chi connectivity index (χ1n) is 7.60. The number of nitrogens with zero attached hydrogens (tertiary/aromatic N) is 1. The molecule has 1 heterocycles. The fourth-order valence-corrected chi connectivity index (χ4v) is 2.25. The first-order chi connectivity index (χ1) is 12.2. The number of methoxy groups -OCH3 is 2. The summed E-state index contributed by atoms with van der Waals surface area (Å²) in [6.07, 6.45) is 1.61. The van der Waals surface area contributed by atoms with E-state index in [2.05, 4.69) is 4.99 Å². The maximum absolute atomic E-state index is 12.0. The molecular formula is C19H17NO5. The fourth-order valence-electron chi connectivity index (χ4n) is 2.25. The van der Waals surface area contributed by atoms with Gasteiger partial charge in [-0.15, -0.1) is 0 Å². The van der Waals surface area contributed by atoms with Gasteiger partial charge in [-0.2, -0.15) is 0 Å². The van der Waals surface area contributed by atoms with Crippen LogP contribution < -0.4 is 14.2 Å². The minimum absolute atomic E-state index is 0.0779. The maximum atomic E-state index is 12.0. The van der Waals surface area contributed by atoms with Crippen LogP contribution in [0.3, 0.4) is 0 Å². The molecule has 1 aliphatic heterocycles. The highest BCUT2D eigenvalue weighted by Gasteiger charge is 2.23. The number of aliphatic imine (C=N–C) groups is 1. The number of carbonyl (C=O) groups excluding carboxylic acids is 1.